The van der Waals surface area contributed by atoms with Crippen molar-refractivity contribution in [3.63, 3.8) is 0 Å². The first-order chi connectivity index (χ1) is 39.3. The fraction of sp³-hybridized carbons (Fsp3) is 0.770. The summed E-state index contributed by atoms with van der Waals surface area (Å²) in [6.07, 6.45) is -0.320. The number of nitrogens with zero attached hydrogens (tertiary/aromatic N) is 9. The lowest BCUT2D eigenvalue weighted by Crippen LogP contribution is -2.63. The molecule has 5 aliphatic heterocycles. The van der Waals surface area contributed by atoms with Gasteiger partial charge in [0.2, 0.25) is 5.95 Å². The van der Waals surface area contributed by atoms with E-state index in [1.807, 2.05) is 111 Å². The van der Waals surface area contributed by atoms with Gasteiger partial charge >= 0.3 is 12.1 Å². The summed E-state index contributed by atoms with van der Waals surface area (Å²) in [5.74, 6) is -2.12. The zero-order valence-electron chi connectivity index (χ0n) is 52.2. The monoisotopic (exact) mass is 1170 g/mol. The van der Waals surface area contributed by atoms with E-state index in [9.17, 15) is 15.0 Å². The number of anilines is 1. The Morgan fingerprint density at radius 1 is 0.892 bits per heavy atom. The summed E-state index contributed by atoms with van der Waals surface area (Å²) in [5, 5.41) is 33.0. The number of hydrogen-bond donors (Lipinski definition) is 2. The Morgan fingerprint density at radius 2 is 1.57 bits per heavy atom. The number of amides is 1. The summed E-state index contributed by atoms with van der Waals surface area (Å²) < 4.78 is 69.3. The fourth-order valence-corrected chi connectivity index (χ4v) is 15.2. The van der Waals surface area contributed by atoms with Crippen LogP contribution in [0.15, 0.2) is 42.9 Å². The number of likely N-dealkylation sites (N-methyl/N-ethyl adjacent to an activating group) is 2. The van der Waals surface area contributed by atoms with Gasteiger partial charge in [0.1, 0.15) is 37.1 Å². The van der Waals surface area contributed by atoms with Crippen LogP contribution in [0.25, 0.3) is 11.1 Å². The predicted octanol–water partition coefficient (Wildman–Crippen LogP) is 6.55. The number of fused-ring (bicyclic) bond motifs is 1. The second-order valence-electron chi connectivity index (χ2n) is 25.6. The molecule has 0 spiro atoms. The molecule has 2 N–H and O–H groups in total. The van der Waals surface area contributed by atoms with Gasteiger partial charge in [-0.3, -0.25) is 9.69 Å². The molecule has 7 heterocycles. The topological polar surface area (TPSA) is 218 Å². The molecule has 0 saturated carbocycles. The zero-order chi connectivity index (χ0) is 60.6. The van der Waals surface area contributed by atoms with Gasteiger partial charge in [-0.05, 0) is 96.9 Å². The molecule has 8 rings (SSSR count). The molecule has 5 aliphatic rings. The molecule has 1 unspecified atom stereocenters. The van der Waals surface area contributed by atoms with Crippen LogP contribution in [0.5, 0.6) is 0 Å². The third kappa shape index (κ3) is 12.8. The van der Waals surface area contributed by atoms with E-state index in [0.29, 0.717) is 57.0 Å². The Labute approximate surface area is 491 Å². The summed E-state index contributed by atoms with van der Waals surface area (Å²) in [6.45, 7) is 20.5. The summed E-state index contributed by atoms with van der Waals surface area (Å²) in [6, 6.07) is 5.96. The molecule has 5 fully saturated rings. The first-order valence-electron chi connectivity index (χ1n) is 29.9. The number of aromatic nitrogens is 5. The van der Waals surface area contributed by atoms with Crippen LogP contribution < -0.4 is 4.90 Å². The van der Waals surface area contributed by atoms with Gasteiger partial charge < -0.3 is 62.8 Å². The first kappa shape index (κ1) is 64.5. The Morgan fingerprint density at radius 3 is 2.18 bits per heavy atom. The molecule has 1 amide bonds. The van der Waals surface area contributed by atoms with E-state index in [1.165, 1.54) is 4.68 Å². The number of methoxy groups -OCH3 is 3. The number of ether oxygens (including phenoxy) is 8. The standard InChI is InChI=1S/C61H96FN9O12/c1-18-47-61(10)52-38(6)49(69(14)25-26-70(52)58(75)83-61)34(2)28-60(9,78-17)54(36(4)48(37(5)55(74)81-47)46-29-59(8,77-16)53(73)39(7)80-46)82-56-50(72)44(27-35(3)79-56)68(13)24-23-43-33-71(66-65-43)45(30-62)51(76-15)41-21-19-40(20-22-41)42-31-63-57(64-32-42)67(11)12/h19-22,31-39,44-54,56,72-73H,18,23-30H2,1-17H3/t34-,35-,36+,37-,38+,39+,44+,45-,46-,47-,48?,49+,50-,51-,52-,53+,54-,56+,59-,60-,61-/m1/s1. The van der Waals surface area contributed by atoms with Gasteiger partial charge in [-0.25, -0.2) is 23.8 Å². The van der Waals surface area contributed by atoms with Gasteiger partial charge in [-0.15, -0.1) is 5.10 Å². The van der Waals surface area contributed by atoms with Crippen LogP contribution in [0.4, 0.5) is 15.1 Å². The smallest absolute Gasteiger partial charge is 0.410 e. The van der Waals surface area contributed by atoms with E-state index < -0.39 is 120 Å². The van der Waals surface area contributed by atoms with E-state index in [2.05, 4.69) is 51.0 Å². The number of aliphatic hydroxyl groups excluding tert-OH is 2. The summed E-state index contributed by atoms with van der Waals surface area (Å²) >= 11 is 0. The highest BCUT2D eigenvalue weighted by Gasteiger charge is 2.62. The van der Waals surface area contributed by atoms with Crippen molar-refractivity contribution >= 4 is 18.0 Å². The molecule has 0 radical (unpaired) electrons. The third-order valence-corrected chi connectivity index (χ3v) is 19.8. The van der Waals surface area contributed by atoms with Crippen molar-refractivity contribution in [2.75, 3.05) is 80.7 Å². The van der Waals surface area contributed by atoms with Crippen molar-refractivity contribution in [2.24, 2.45) is 29.6 Å². The maximum absolute atomic E-state index is 15.2. The second kappa shape index (κ2) is 26.2. The molecule has 83 heavy (non-hydrogen) atoms. The number of carbonyl (C=O) groups is 2. The number of esters is 1. The third-order valence-electron chi connectivity index (χ3n) is 19.8. The fourth-order valence-electron chi connectivity index (χ4n) is 15.2. The van der Waals surface area contributed by atoms with E-state index in [4.69, 9.17) is 37.9 Å². The predicted molar refractivity (Wildman–Crippen MR) is 309 cm³/mol. The Balaban J connectivity index is 1.07. The van der Waals surface area contributed by atoms with Crippen LogP contribution in [0.1, 0.15) is 118 Å². The molecule has 22 heteroatoms. The highest BCUT2D eigenvalue weighted by Crippen LogP contribution is 2.49. The van der Waals surface area contributed by atoms with Crippen LogP contribution in [0, 0.1) is 29.6 Å². The number of aliphatic hydroxyl groups is 2. The lowest BCUT2D eigenvalue weighted by molar-refractivity contribution is -0.305. The molecule has 1 aromatic carbocycles. The normalized spacial score (nSPS) is 38.3. The summed E-state index contributed by atoms with van der Waals surface area (Å²) in [7, 11) is 12.6. The number of benzene rings is 1. The minimum atomic E-state index is -1.16. The molecule has 464 valence electrons. The van der Waals surface area contributed by atoms with E-state index >= 15 is 9.18 Å². The van der Waals surface area contributed by atoms with Gasteiger partial charge in [-0.2, -0.15) is 0 Å². The summed E-state index contributed by atoms with van der Waals surface area (Å²) in [5.41, 5.74) is -0.109. The Kier molecular flexibility index (Phi) is 20.4. The van der Waals surface area contributed by atoms with Crippen molar-refractivity contribution in [2.45, 2.75) is 197 Å². The molecular weight excluding hydrogens is 1070 g/mol. The largest absolute Gasteiger partial charge is 0.458 e. The van der Waals surface area contributed by atoms with Crippen LogP contribution in [-0.2, 0) is 49.1 Å². The SMILES string of the molecule is CC[C@H]1OC(=O)[C@H](C)C([C@H]2C[C@@](C)(OC)[C@@H](O)[C@H](C)O2)[C@H](C)[C@@H](O[C@@H]2O[C@H](C)C[C@H](N(C)CCc3cn([C@H](CF)[C@H](OC)c4ccc(-c5cnc(N(C)C)nc5)cc4)nn3)[C@H]2O)[C@](C)(OC)C[C@@H](C)[C@H]2[C@H](C)[C@H]3N(CCN2C)C(=O)O[C@]13C. The van der Waals surface area contributed by atoms with Crippen LogP contribution >= 0.6 is 0 Å². The average molecular weight is 1170 g/mol. The van der Waals surface area contributed by atoms with E-state index in [1.54, 1.807) is 39.9 Å². The van der Waals surface area contributed by atoms with Gasteiger partial charge in [0, 0.05) is 110 Å². The van der Waals surface area contributed by atoms with Crippen LogP contribution in [0.2, 0.25) is 0 Å². The minimum absolute atomic E-state index is 0.0641. The zero-order valence-corrected chi connectivity index (χ0v) is 52.2. The molecule has 0 aliphatic carbocycles. The van der Waals surface area contributed by atoms with Crippen molar-refractivity contribution in [3.05, 3.63) is 54.1 Å². The van der Waals surface area contributed by atoms with E-state index in [0.717, 1.165) is 16.7 Å². The van der Waals surface area contributed by atoms with Gasteiger partial charge in [0.05, 0.1) is 53.3 Å². The quantitative estimate of drug-likeness (QED) is 0.137. The van der Waals surface area contributed by atoms with Gasteiger partial charge in [0.15, 0.2) is 11.9 Å². The average Bonchev–Trinajstić information content (AvgIpc) is 3.17. The Hall–Kier alpha value is -4.49. The molecular formula is C61H96FN9O12. The maximum Gasteiger partial charge on any atom is 0.410 e. The first-order valence-corrected chi connectivity index (χ1v) is 29.9. The summed E-state index contributed by atoms with van der Waals surface area (Å²) in [4.78, 5) is 46.1. The number of hydrogen-bond acceptors (Lipinski definition) is 19. The van der Waals surface area contributed by atoms with E-state index in [-0.39, 0.29) is 30.4 Å². The Bertz CT molecular complexity index is 2620. The molecule has 5 saturated heterocycles. The maximum atomic E-state index is 15.2. The number of cyclic esters (lactones) is 1. The van der Waals surface area contributed by atoms with Crippen molar-refractivity contribution in [3.8, 4) is 11.1 Å². The van der Waals surface area contributed by atoms with Crippen molar-refractivity contribution in [1.82, 2.24) is 39.7 Å². The molecule has 21 nitrogen and oxygen atoms in total. The number of carbonyl (C=O) groups excluding carboxylic acids is 2. The highest BCUT2D eigenvalue weighted by atomic mass is 19.1. The lowest BCUT2D eigenvalue weighted by atomic mass is 9.67. The van der Waals surface area contributed by atoms with Gasteiger partial charge in [0.25, 0.3) is 0 Å². The molecule has 2 aromatic heterocycles. The van der Waals surface area contributed by atoms with Crippen LogP contribution in [-0.4, -0.2) is 222 Å². The lowest BCUT2D eigenvalue weighted by Gasteiger charge is -2.53. The number of halogens is 1. The highest BCUT2D eigenvalue weighted by molar-refractivity contribution is 5.74. The molecule has 3 aromatic rings. The second-order valence-corrected chi connectivity index (χ2v) is 25.6. The molecule has 21 atom stereocenters. The van der Waals surface area contributed by atoms with Crippen LogP contribution in [0.3, 0.4) is 0 Å². The van der Waals surface area contributed by atoms with Crippen molar-refractivity contribution in [1.29, 1.82) is 0 Å². The number of rotatable bonds is 17. The van der Waals surface area contributed by atoms with Crippen molar-refractivity contribution < 1.29 is 62.1 Å². The van der Waals surface area contributed by atoms with Gasteiger partial charge in [-0.1, -0.05) is 64.1 Å². The number of alkyl halides is 1. The minimum Gasteiger partial charge on any atom is -0.458 e. The molecule has 2 bridgehead atoms.